The zero-order valence-electron chi connectivity index (χ0n) is 29.3. The Balaban J connectivity index is -0.000000183. The molecule has 0 aliphatic rings. The Bertz CT molecular complexity index is 1630. The van der Waals surface area contributed by atoms with E-state index in [4.69, 9.17) is 69.6 Å². The summed E-state index contributed by atoms with van der Waals surface area (Å²) >= 11 is 32.7. The van der Waals surface area contributed by atoms with E-state index < -0.39 is 0 Å². The van der Waals surface area contributed by atoms with Crippen LogP contribution in [-0.2, 0) is 42.1 Å². The first kappa shape index (κ1) is 54.9. The van der Waals surface area contributed by atoms with Crippen molar-refractivity contribution in [2.24, 2.45) is 0 Å². The number of aromatic amines is 1. The predicted molar refractivity (Wildman–Crippen MR) is 193 cm³/mol. The number of nitrogens with zero attached hydrogens (tertiary/aromatic N) is 14. The fraction of sp³-hybridized carbons (Fsp3) is 0.370. The molecule has 50 heavy (non-hydrogen) atoms. The molecular weight excluding hydrogens is 1110 g/mol. The van der Waals surface area contributed by atoms with E-state index in [1.54, 1.807) is 18.5 Å². The molecule has 0 fully saturated rings. The average Bonchev–Trinajstić information content (AvgIpc) is 3.62. The van der Waals surface area contributed by atoms with Gasteiger partial charge in [-0.15, -0.1) is 30.6 Å². The first-order valence-electron chi connectivity index (χ1n) is 13.1. The van der Waals surface area contributed by atoms with Gasteiger partial charge in [0.15, 0.2) is 20.6 Å². The van der Waals surface area contributed by atoms with Crippen LogP contribution in [0.5, 0.6) is 0 Å². The van der Waals surface area contributed by atoms with Crippen LogP contribution in [0.3, 0.4) is 0 Å². The third-order valence-corrected chi connectivity index (χ3v) is 6.26. The van der Waals surface area contributed by atoms with Crippen molar-refractivity contribution in [2.45, 2.75) is 69.2 Å². The molecule has 0 bridgehead atoms. The topological polar surface area (TPSA) is 188 Å². The van der Waals surface area contributed by atoms with E-state index in [-0.39, 0.29) is 79.3 Å². The molecule has 276 valence electrons. The SMILES string of the molecule is CC.Cc1n[nH]c([C-](C)C)n1.Cc1nc(-n2nc([C-](C)C)nc2C)nnc1Cl.Cc1nc(Cl)nnc1Cl.Clc1nnc(Cl)c(Cl)n1.[2HH].[CH3-].[CH3-].[W+2].[W+2]. The van der Waals surface area contributed by atoms with Crippen molar-refractivity contribution >= 4 is 69.6 Å². The molecule has 0 unspecified atom stereocenters. The van der Waals surface area contributed by atoms with Crippen LogP contribution in [0.25, 0.3) is 5.95 Å². The molecule has 0 atom stereocenters. The summed E-state index contributed by atoms with van der Waals surface area (Å²) in [5.74, 6) is 5.65. The zero-order chi connectivity index (χ0) is 35.1. The number of aryl methyl sites for hydroxylation is 4. The molecule has 5 aromatic rings. The molecule has 0 aliphatic heterocycles. The molecule has 23 heteroatoms. The Morgan fingerprint density at radius 3 is 1.40 bits per heavy atom. The molecule has 5 rings (SSSR count). The third kappa shape index (κ3) is 19.1. The first-order valence-corrected chi connectivity index (χ1v) is 15.4. The second-order valence-electron chi connectivity index (χ2n) is 8.73. The van der Waals surface area contributed by atoms with Crippen LogP contribution >= 0.6 is 69.6 Å². The van der Waals surface area contributed by atoms with Gasteiger partial charge in [-0.2, -0.15) is 42.6 Å². The van der Waals surface area contributed by atoms with Crippen molar-refractivity contribution in [3.63, 3.8) is 0 Å². The Labute approximate surface area is 353 Å². The summed E-state index contributed by atoms with van der Waals surface area (Å²) in [7, 11) is 0. The molecule has 0 saturated carbocycles. The van der Waals surface area contributed by atoms with Crippen LogP contribution in [0.1, 0.15) is 77.7 Å². The van der Waals surface area contributed by atoms with Gasteiger partial charge >= 0.3 is 42.1 Å². The van der Waals surface area contributed by atoms with Crippen molar-refractivity contribution < 1.29 is 43.6 Å². The number of hydrogen-bond donors (Lipinski definition) is 1. The molecule has 0 spiro atoms. The van der Waals surface area contributed by atoms with E-state index in [2.05, 4.69) is 70.8 Å². The molecule has 0 saturated heterocycles. The molecule has 0 radical (unpaired) electrons. The van der Waals surface area contributed by atoms with Crippen LogP contribution in [0, 0.1) is 54.4 Å². The molecule has 5 aromatic heterocycles. The smallest absolute Gasteiger partial charge is 0.358 e. The van der Waals surface area contributed by atoms with E-state index in [0.717, 1.165) is 23.5 Å². The maximum absolute atomic E-state index is 5.78. The van der Waals surface area contributed by atoms with Crippen molar-refractivity contribution in [3.05, 3.63) is 92.6 Å². The fourth-order valence-corrected chi connectivity index (χ4v) is 3.16. The number of halogens is 6. The quantitative estimate of drug-likeness (QED) is 0.170. The van der Waals surface area contributed by atoms with Gasteiger partial charge in [0, 0.05) is 7.25 Å². The predicted octanol–water partition coefficient (Wildman–Crippen LogP) is 8.25. The summed E-state index contributed by atoms with van der Waals surface area (Å²) in [5.41, 5.74) is 1.21. The van der Waals surface area contributed by atoms with Crippen LogP contribution in [0.4, 0.5) is 0 Å². The van der Waals surface area contributed by atoms with Crippen molar-refractivity contribution in [3.8, 4) is 5.95 Å². The molecule has 5 heterocycles. The second-order valence-corrected chi connectivity index (χ2v) is 10.8. The average molecular weight is 1160 g/mol. The standard InChI is InChI=1S/C10H12ClN6.C6H10N3.C4H3Cl2N3.C3Cl3N3.C2H6.2CH3.2W.H2/c1-5(2)9-13-7(4)17(16-9)10-12-6(3)8(11)14-15-10;1-4(2)6-7-5(3)8-9-6;1-2-3(5)8-9-4(6)7-2;4-1-2(5)8-9-3(6)7-1;1-2;;;;;/h1-4H3;1-3H3,(H,7,8,9);1H3;;1-2H3;2*1H3;;;1H/q2*-1;;;;2*-1;2*+2;/i;;;;;;;;;1+1. The minimum absolute atomic E-state index is 0. The Morgan fingerprint density at radius 2 is 1.06 bits per heavy atom. The fourth-order valence-electron chi connectivity index (χ4n) is 2.47. The number of hydrogen-bond acceptors (Lipinski definition) is 13. The normalized spacial score (nSPS) is 8.96. The molecule has 0 aliphatic carbocycles. The van der Waals surface area contributed by atoms with Gasteiger partial charge in [0.2, 0.25) is 10.6 Å². The molecule has 15 nitrogen and oxygen atoms in total. The van der Waals surface area contributed by atoms with E-state index >= 15 is 0 Å². The van der Waals surface area contributed by atoms with Crippen molar-refractivity contribution in [1.29, 1.82) is 0 Å². The van der Waals surface area contributed by atoms with Crippen LogP contribution in [0.15, 0.2) is 0 Å². The Morgan fingerprint density at radius 1 is 0.580 bits per heavy atom. The Kier molecular flexibility index (Phi) is 30.5. The van der Waals surface area contributed by atoms with Gasteiger partial charge in [-0.25, -0.2) is 24.9 Å². The van der Waals surface area contributed by atoms with Gasteiger partial charge in [-0.3, -0.25) is 5.10 Å². The number of rotatable bonds is 3. The summed E-state index contributed by atoms with van der Waals surface area (Å²) < 4.78 is 1.55. The minimum atomic E-state index is -0.00981. The van der Waals surface area contributed by atoms with Crippen LogP contribution in [0.2, 0.25) is 31.2 Å². The van der Waals surface area contributed by atoms with Crippen LogP contribution in [-0.4, -0.2) is 75.5 Å². The number of H-pyrrole nitrogens is 1. The van der Waals surface area contributed by atoms with E-state index in [1.165, 1.54) is 0 Å². The monoisotopic (exact) mass is 1150 g/mol. The Hall–Kier alpha value is -1.83. The van der Waals surface area contributed by atoms with E-state index in [1.807, 2.05) is 55.4 Å². The molecule has 0 amide bonds. The summed E-state index contributed by atoms with van der Waals surface area (Å²) in [6, 6.07) is 0. The molecular formula is C27H39Cl6N15W2. The number of nitrogens with one attached hydrogen (secondary N) is 1. The van der Waals surface area contributed by atoms with Gasteiger partial charge < -0.3 is 26.7 Å². The first-order chi connectivity index (χ1) is 21.6. The summed E-state index contributed by atoms with van der Waals surface area (Å²) in [4.78, 5) is 19.9. The molecule has 0 aromatic carbocycles. The van der Waals surface area contributed by atoms with Crippen LogP contribution < -0.4 is 0 Å². The van der Waals surface area contributed by atoms with Gasteiger partial charge in [-0.1, -0.05) is 60.3 Å². The summed E-state index contributed by atoms with van der Waals surface area (Å²) in [6.07, 6.45) is 0. The third-order valence-electron chi connectivity index (χ3n) is 4.63. The van der Waals surface area contributed by atoms with Gasteiger partial charge in [0.05, 0.1) is 11.4 Å². The summed E-state index contributed by atoms with van der Waals surface area (Å²) in [6.45, 7) is 19.1. The second kappa shape index (κ2) is 27.8. The van der Waals surface area contributed by atoms with Crippen molar-refractivity contribution in [1.82, 2.24) is 75.5 Å². The largest absolute Gasteiger partial charge is 2.00 e. The number of aromatic nitrogens is 15. The molecule has 1 N–H and O–H groups in total. The van der Waals surface area contributed by atoms with Gasteiger partial charge in [0.25, 0.3) is 5.95 Å². The van der Waals surface area contributed by atoms with E-state index in [9.17, 15) is 0 Å². The minimum Gasteiger partial charge on any atom is -0.358 e. The van der Waals surface area contributed by atoms with Gasteiger partial charge in [0.1, 0.15) is 11.6 Å². The summed E-state index contributed by atoms with van der Waals surface area (Å²) in [5, 5.41) is 33.1. The van der Waals surface area contributed by atoms with Crippen molar-refractivity contribution in [2.75, 3.05) is 0 Å². The van der Waals surface area contributed by atoms with Gasteiger partial charge in [-0.05, 0) is 56.7 Å². The van der Waals surface area contributed by atoms with E-state index in [0.29, 0.717) is 39.3 Å². The maximum Gasteiger partial charge on any atom is 2.00 e. The zero-order valence-corrected chi connectivity index (χ0v) is 39.7. The maximum atomic E-state index is 5.78.